The summed E-state index contributed by atoms with van der Waals surface area (Å²) in [6.45, 7) is 6.06. The van der Waals surface area contributed by atoms with Crippen LogP contribution in [0.25, 0.3) is 0 Å². The summed E-state index contributed by atoms with van der Waals surface area (Å²) in [5.74, 6) is 6.30. The summed E-state index contributed by atoms with van der Waals surface area (Å²) in [4.78, 5) is 0. The number of nitrogens with two attached hydrogens (primary N) is 1. The Labute approximate surface area is 78.6 Å². The van der Waals surface area contributed by atoms with Gasteiger partial charge in [0.1, 0.15) is 5.76 Å². The van der Waals surface area contributed by atoms with E-state index in [9.17, 15) is 0 Å². The van der Waals surface area contributed by atoms with E-state index in [4.69, 9.17) is 10.3 Å². The zero-order chi connectivity index (χ0) is 9.84. The van der Waals surface area contributed by atoms with E-state index < -0.39 is 0 Å². The van der Waals surface area contributed by atoms with Crippen molar-refractivity contribution in [3.8, 4) is 0 Å². The third kappa shape index (κ3) is 2.44. The van der Waals surface area contributed by atoms with Crippen LogP contribution < -0.4 is 11.3 Å². The minimum Gasteiger partial charge on any atom is -0.467 e. The Morgan fingerprint density at radius 2 is 2.31 bits per heavy atom. The lowest BCUT2D eigenvalue weighted by molar-refractivity contribution is 0.454. The number of aryl methyl sites for hydroxylation is 1. The van der Waals surface area contributed by atoms with Gasteiger partial charge in [0.15, 0.2) is 0 Å². The summed E-state index contributed by atoms with van der Waals surface area (Å²) >= 11 is 0. The van der Waals surface area contributed by atoms with Crippen molar-refractivity contribution in [2.45, 2.75) is 26.8 Å². The van der Waals surface area contributed by atoms with Crippen LogP contribution in [0.15, 0.2) is 28.4 Å². The molecule has 0 bridgehead atoms. The highest BCUT2D eigenvalue weighted by Crippen LogP contribution is 2.19. The van der Waals surface area contributed by atoms with Gasteiger partial charge in [-0.2, -0.15) is 0 Å². The largest absolute Gasteiger partial charge is 0.467 e. The van der Waals surface area contributed by atoms with Gasteiger partial charge in [0.2, 0.25) is 0 Å². The Hall–Kier alpha value is -1.06. The molecule has 1 rings (SSSR count). The Balaban J connectivity index is 2.91. The predicted octanol–water partition coefficient (Wildman–Crippen LogP) is 2.06. The van der Waals surface area contributed by atoms with Gasteiger partial charge >= 0.3 is 0 Å². The van der Waals surface area contributed by atoms with Crippen LogP contribution in [0.4, 0.5) is 0 Å². The van der Waals surface area contributed by atoms with Gasteiger partial charge in [0, 0.05) is 0 Å². The summed E-state index contributed by atoms with van der Waals surface area (Å²) in [6.07, 6.45) is 3.71. The monoisotopic (exact) mass is 180 g/mol. The molecule has 0 spiro atoms. The SMILES string of the molecule is CC(C)=CC(NN)c1occc1C. The molecule has 3 N–H and O–H groups in total. The first-order valence-corrected chi connectivity index (χ1v) is 4.30. The topological polar surface area (TPSA) is 51.2 Å². The zero-order valence-corrected chi connectivity index (χ0v) is 8.29. The minimum atomic E-state index is -0.0278. The molecule has 0 aliphatic rings. The summed E-state index contributed by atoms with van der Waals surface area (Å²) in [6, 6.07) is 1.90. The Kier molecular flexibility index (Phi) is 3.28. The second kappa shape index (κ2) is 4.25. The lowest BCUT2D eigenvalue weighted by atomic mass is 10.1. The molecule has 0 amide bonds. The third-order valence-corrected chi connectivity index (χ3v) is 1.86. The highest BCUT2D eigenvalue weighted by atomic mass is 16.3. The molecule has 1 unspecified atom stereocenters. The highest BCUT2D eigenvalue weighted by molar-refractivity contribution is 5.22. The molecule has 1 aromatic rings. The quantitative estimate of drug-likeness (QED) is 0.425. The summed E-state index contributed by atoms with van der Waals surface area (Å²) in [7, 11) is 0. The second-order valence-corrected chi connectivity index (χ2v) is 3.36. The van der Waals surface area contributed by atoms with Crippen molar-refractivity contribution < 1.29 is 4.42 Å². The van der Waals surface area contributed by atoms with Gasteiger partial charge in [-0.3, -0.25) is 5.84 Å². The molecule has 0 fully saturated rings. The van der Waals surface area contributed by atoms with Gasteiger partial charge in [-0.1, -0.05) is 11.6 Å². The molecule has 3 heteroatoms. The van der Waals surface area contributed by atoms with Crippen LogP contribution in [0.1, 0.15) is 31.2 Å². The fourth-order valence-electron chi connectivity index (χ4n) is 1.24. The number of hydrazine groups is 1. The maximum atomic E-state index is 5.43. The molecule has 3 nitrogen and oxygen atoms in total. The van der Waals surface area contributed by atoms with E-state index in [1.807, 2.05) is 32.9 Å². The molecule has 13 heavy (non-hydrogen) atoms. The molecule has 1 heterocycles. The maximum absolute atomic E-state index is 5.43. The molecule has 72 valence electrons. The van der Waals surface area contributed by atoms with Gasteiger partial charge in [0.05, 0.1) is 12.3 Å². The smallest absolute Gasteiger partial charge is 0.128 e. The summed E-state index contributed by atoms with van der Waals surface area (Å²) in [5, 5.41) is 0. The van der Waals surface area contributed by atoms with Crippen molar-refractivity contribution >= 4 is 0 Å². The number of hydrogen-bond acceptors (Lipinski definition) is 3. The third-order valence-electron chi connectivity index (χ3n) is 1.86. The molecular weight excluding hydrogens is 164 g/mol. The normalized spacial score (nSPS) is 12.6. The van der Waals surface area contributed by atoms with Crippen LogP contribution in [0, 0.1) is 6.92 Å². The summed E-state index contributed by atoms with van der Waals surface area (Å²) < 4.78 is 5.33. The van der Waals surface area contributed by atoms with E-state index in [1.165, 1.54) is 5.57 Å². The zero-order valence-electron chi connectivity index (χ0n) is 8.29. The number of hydrogen-bond donors (Lipinski definition) is 2. The van der Waals surface area contributed by atoms with E-state index >= 15 is 0 Å². The van der Waals surface area contributed by atoms with E-state index in [1.54, 1.807) is 6.26 Å². The standard InChI is InChI=1S/C10H16N2O/c1-7(2)6-9(12-11)10-8(3)4-5-13-10/h4-6,9,12H,11H2,1-3H3. The van der Waals surface area contributed by atoms with Crippen molar-refractivity contribution in [1.82, 2.24) is 5.43 Å². The van der Waals surface area contributed by atoms with Gasteiger partial charge in [-0.15, -0.1) is 0 Å². The van der Waals surface area contributed by atoms with E-state index in [0.717, 1.165) is 11.3 Å². The first-order chi connectivity index (χ1) is 6.15. The Morgan fingerprint density at radius 3 is 2.69 bits per heavy atom. The van der Waals surface area contributed by atoms with Gasteiger partial charge < -0.3 is 4.42 Å². The molecule has 1 aromatic heterocycles. The molecular formula is C10H16N2O. The fraction of sp³-hybridized carbons (Fsp3) is 0.400. The molecule has 0 aromatic carbocycles. The molecule has 0 radical (unpaired) electrons. The summed E-state index contributed by atoms with van der Waals surface area (Å²) in [5.41, 5.74) is 5.03. The van der Waals surface area contributed by atoms with Crippen LogP contribution >= 0.6 is 0 Å². The van der Waals surface area contributed by atoms with Crippen molar-refractivity contribution in [2.75, 3.05) is 0 Å². The van der Waals surface area contributed by atoms with Crippen LogP contribution in [0.3, 0.4) is 0 Å². The number of furan rings is 1. The van der Waals surface area contributed by atoms with E-state index in [-0.39, 0.29) is 6.04 Å². The fourth-order valence-corrected chi connectivity index (χ4v) is 1.24. The number of allylic oxidation sites excluding steroid dienone is 1. The lowest BCUT2D eigenvalue weighted by Crippen LogP contribution is -2.26. The van der Waals surface area contributed by atoms with E-state index in [2.05, 4.69) is 5.43 Å². The van der Waals surface area contributed by atoms with Crippen LogP contribution in [-0.4, -0.2) is 0 Å². The minimum absolute atomic E-state index is 0.0278. The predicted molar refractivity (Wildman–Crippen MR) is 52.9 cm³/mol. The number of nitrogens with one attached hydrogen (secondary N) is 1. The average molecular weight is 180 g/mol. The molecule has 0 saturated heterocycles. The maximum Gasteiger partial charge on any atom is 0.128 e. The van der Waals surface area contributed by atoms with E-state index in [0.29, 0.717) is 0 Å². The van der Waals surface area contributed by atoms with Crippen molar-refractivity contribution in [3.63, 3.8) is 0 Å². The lowest BCUT2D eigenvalue weighted by Gasteiger charge is -2.10. The van der Waals surface area contributed by atoms with Crippen molar-refractivity contribution in [3.05, 3.63) is 35.3 Å². The first kappa shape index (κ1) is 10.0. The van der Waals surface area contributed by atoms with Gasteiger partial charge in [-0.25, -0.2) is 5.43 Å². The number of rotatable bonds is 3. The highest BCUT2D eigenvalue weighted by Gasteiger charge is 2.12. The van der Waals surface area contributed by atoms with Gasteiger partial charge in [0.25, 0.3) is 0 Å². The second-order valence-electron chi connectivity index (χ2n) is 3.36. The Morgan fingerprint density at radius 1 is 1.62 bits per heavy atom. The van der Waals surface area contributed by atoms with Crippen molar-refractivity contribution in [2.24, 2.45) is 5.84 Å². The first-order valence-electron chi connectivity index (χ1n) is 4.30. The molecule has 1 atom stereocenters. The van der Waals surface area contributed by atoms with Gasteiger partial charge in [-0.05, 0) is 32.4 Å². The molecule has 0 saturated carbocycles. The average Bonchev–Trinajstić information content (AvgIpc) is 2.47. The molecule has 0 aliphatic heterocycles. The Bertz CT molecular complexity index is 298. The van der Waals surface area contributed by atoms with Crippen molar-refractivity contribution in [1.29, 1.82) is 0 Å². The van der Waals surface area contributed by atoms with Crippen LogP contribution in [0.5, 0.6) is 0 Å². The van der Waals surface area contributed by atoms with Crippen LogP contribution in [0.2, 0.25) is 0 Å². The van der Waals surface area contributed by atoms with Crippen LogP contribution in [-0.2, 0) is 0 Å². The molecule has 0 aliphatic carbocycles.